The Bertz CT molecular complexity index is 386. The number of benzene rings is 1. The van der Waals surface area contributed by atoms with Gasteiger partial charge in [0.1, 0.15) is 5.75 Å². The highest BCUT2D eigenvalue weighted by Gasteiger charge is 2.34. The lowest BCUT2D eigenvalue weighted by Crippen LogP contribution is -2.40. The largest absolute Gasteiger partial charge is 0.497 e. The van der Waals surface area contributed by atoms with Crippen molar-refractivity contribution in [3.05, 3.63) is 29.8 Å². The third kappa shape index (κ3) is 3.64. The van der Waals surface area contributed by atoms with Crippen molar-refractivity contribution in [2.45, 2.75) is 38.0 Å². The van der Waals surface area contributed by atoms with Gasteiger partial charge < -0.3 is 9.64 Å². The summed E-state index contributed by atoms with van der Waals surface area (Å²) in [5, 5.41) is 0. The zero-order valence-corrected chi connectivity index (χ0v) is 13.1. The Labute approximate surface area is 123 Å². The van der Waals surface area contributed by atoms with Gasteiger partial charge in [-0.25, -0.2) is 0 Å². The van der Waals surface area contributed by atoms with Crippen molar-refractivity contribution in [3.8, 4) is 5.75 Å². The highest BCUT2D eigenvalue weighted by atomic mass is 35.5. The van der Waals surface area contributed by atoms with Crippen LogP contribution in [0.4, 0.5) is 0 Å². The quantitative estimate of drug-likeness (QED) is 0.831. The summed E-state index contributed by atoms with van der Waals surface area (Å²) in [5.41, 5.74) is 1.84. The van der Waals surface area contributed by atoms with Crippen LogP contribution >= 0.6 is 12.4 Å². The fourth-order valence-corrected chi connectivity index (χ4v) is 3.16. The molecule has 2 rings (SSSR count). The summed E-state index contributed by atoms with van der Waals surface area (Å²) in [4.78, 5) is 2.44. The number of hydrogen-bond acceptors (Lipinski definition) is 2. The molecule has 0 unspecified atom stereocenters. The van der Waals surface area contributed by atoms with E-state index in [1.807, 2.05) is 6.07 Å². The fourth-order valence-electron chi connectivity index (χ4n) is 3.16. The monoisotopic (exact) mass is 283 g/mol. The maximum Gasteiger partial charge on any atom is 0.119 e. The van der Waals surface area contributed by atoms with E-state index in [9.17, 15) is 0 Å². The lowest BCUT2D eigenvalue weighted by molar-refractivity contribution is 0.177. The third-order valence-electron chi connectivity index (χ3n) is 4.35. The van der Waals surface area contributed by atoms with E-state index in [0.717, 1.165) is 5.75 Å². The molecule has 0 aromatic heterocycles. The molecule has 1 heterocycles. The van der Waals surface area contributed by atoms with Crippen molar-refractivity contribution in [2.75, 3.05) is 27.2 Å². The Balaban J connectivity index is 0.00000180. The first-order valence-electron chi connectivity index (χ1n) is 7.03. The molecule has 1 aromatic carbocycles. The minimum absolute atomic E-state index is 0. The third-order valence-corrected chi connectivity index (χ3v) is 4.35. The van der Waals surface area contributed by atoms with Crippen molar-refractivity contribution < 1.29 is 4.74 Å². The van der Waals surface area contributed by atoms with E-state index in [1.165, 1.54) is 44.3 Å². The van der Waals surface area contributed by atoms with Crippen molar-refractivity contribution in [2.24, 2.45) is 0 Å². The second-order valence-electron chi connectivity index (χ2n) is 5.57. The summed E-state index contributed by atoms with van der Waals surface area (Å²) in [6.07, 6.45) is 5.07. The summed E-state index contributed by atoms with van der Waals surface area (Å²) in [5.74, 6) is 0.988. The van der Waals surface area contributed by atoms with Gasteiger partial charge in [-0.05, 0) is 62.5 Å². The van der Waals surface area contributed by atoms with E-state index in [4.69, 9.17) is 4.74 Å². The van der Waals surface area contributed by atoms with E-state index >= 15 is 0 Å². The van der Waals surface area contributed by atoms with Crippen LogP contribution in [-0.4, -0.2) is 32.1 Å². The van der Waals surface area contributed by atoms with Crippen LogP contribution in [0, 0.1) is 0 Å². The molecular formula is C16H26ClNO. The molecule has 0 amide bonds. The number of ether oxygens (including phenoxy) is 1. The molecule has 0 atom stereocenters. The minimum Gasteiger partial charge on any atom is -0.497 e. The predicted molar refractivity (Wildman–Crippen MR) is 83.6 cm³/mol. The van der Waals surface area contributed by atoms with Gasteiger partial charge in [-0.15, -0.1) is 12.4 Å². The molecule has 1 saturated heterocycles. The van der Waals surface area contributed by atoms with E-state index < -0.39 is 0 Å². The number of nitrogens with zero attached hydrogens (tertiary/aromatic N) is 1. The first-order valence-corrected chi connectivity index (χ1v) is 7.03. The van der Waals surface area contributed by atoms with Crippen molar-refractivity contribution >= 4 is 12.4 Å². The number of halogens is 1. The van der Waals surface area contributed by atoms with Crippen LogP contribution in [-0.2, 0) is 5.41 Å². The molecule has 2 nitrogen and oxygen atoms in total. The predicted octanol–water partition coefficient (Wildman–Crippen LogP) is 3.88. The van der Waals surface area contributed by atoms with Gasteiger partial charge in [0.05, 0.1) is 7.11 Å². The van der Waals surface area contributed by atoms with E-state index in [-0.39, 0.29) is 12.4 Å². The van der Waals surface area contributed by atoms with E-state index in [0.29, 0.717) is 5.41 Å². The average Bonchev–Trinajstić information content (AvgIpc) is 2.42. The fraction of sp³-hybridized carbons (Fsp3) is 0.625. The van der Waals surface area contributed by atoms with Gasteiger partial charge in [-0.1, -0.05) is 25.5 Å². The second-order valence-corrected chi connectivity index (χ2v) is 5.57. The lowest BCUT2D eigenvalue weighted by atomic mass is 9.70. The molecule has 0 spiro atoms. The molecule has 19 heavy (non-hydrogen) atoms. The molecule has 1 fully saturated rings. The molecule has 3 heteroatoms. The van der Waals surface area contributed by atoms with Crippen LogP contribution < -0.4 is 4.74 Å². The number of hydrogen-bond donors (Lipinski definition) is 0. The molecule has 0 saturated carbocycles. The summed E-state index contributed by atoms with van der Waals surface area (Å²) < 4.78 is 5.38. The van der Waals surface area contributed by atoms with Crippen LogP contribution in [0.3, 0.4) is 0 Å². The highest BCUT2D eigenvalue weighted by molar-refractivity contribution is 5.85. The Hall–Kier alpha value is -0.730. The van der Waals surface area contributed by atoms with Crippen LogP contribution in [0.25, 0.3) is 0 Å². The van der Waals surface area contributed by atoms with Crippen LogP contribution in [0.2, 0.25) is 0 Å². The molecule has 1 aromatic rings. The molecule has 108 valence electrons. The Morgan fingerprint density at radius 3 is 2.53 bits per heavy atom. The highest BCUT2D eigenvalue weighted by Crippen LogP contribution is 2.40. The minimum atomic E-state index is 0. The van der Waals surface area contributed by atoms with Gasteiger partial charge in [-0.3, -0.25) is 0 Å². The number of rotatable bonds is 4. The normalized spacial score (nSPS) is 18.7. The Morgan fingerprint density at radius 1 is 1.26 bits per heavy atom. The van der Waals surface area contributed by atoms with Gasteiger partial charge in [0, 0.05) is 0 Å². The molecule has 1 aliphatic heterocycles. The zero-order valence-electron chi connectivity index (χ0n) is 12.3. The van der Waals surface area contributed by atoms with Gasteiger partial charge in [0.25, 0.3) is 0 Å². The first kappa shape index (κ1) is 16.3. The van der Waals surface area contributed by atoms with Gasteiger partial charge in [-0.2, -0.15) is 0 Å². The first-order chi connectivity index (χ1) is 8.70. The topological polar surface area (TPSA) is 12.5 Å². The maximum absolute atomic E-state index is 5.38. The van der Waals surface area contributed by atoms with Crippen molar-refractivity contribution in [1.82, 2.24) is 4.90 Å². The van der Waals surface area contributed by atoms with Crippen molar-refractivity contribution in [1.29, 1.82) is 0 Å². The number of methoxy groups -OCH3 is 1. The van der Waals surface area contributed by atoms with Gasteiger partial charge >= 0.3 is 0 Å². The number of piperidine rings is 1. The summed E-state index contributed by atoms with van der Waals surface area (Å²) in [6.45, 7) is 4.70. The maximum atomic E-state index is 5.38. The van der Waals surface area contributed by atoms with E-state index in [2.05, 4.69) is 37.1 Å². The standard InChI is InChI=1S/C16H25NO.ClH/c1-4-8-16(9-11-17(2)12-10-16)14-6-5-7-15(13-14)18-3;/h5-7,13H,4,8-12H2,1-3H3;1H. The summed E-state index contributed by atoms with van der Waals surface area (Å²) >= 11 is 0. The second kappa shape index (κ2) is 7.16. The summed E-state index contributed by atoms with van der Waals surface area (Å²) in [7, 11) is 3.97. The van der Waals surface area contributed by atoms with Crippen LogP contribution in [0.15, 0.2) is 24.3 Å². The van der Waals surface area contributed by atoms with Crippen molar-refractivity contribution in [3.63, 3.8) is 0 Å². The SMILES string of the molecule is CCCC1(c2cccc(OC)c2)CCN(C)CC1.Cl. The zero-order chi connectivity index (χ0) is 13.0. The van der Waals surface area contributed by atoms with Gasteiger partial charge in [0.2, 0.25) is 0 Å². The lowest BCUT2D eigenvalue weighted by Gasteiger charge is -2.41. The Kier molecular flexibility index (Phi) is 6.15. The van der Waals surface area contributed by atoms with Crippen LogP contribution in [0.1, 0.15) is 38.2 Å². The molecule has 0 bridgehead atoms. The van der Waals surface area contributed by atoms with Crippen LogP contribution in [0.5, 0.6) is 5.75 Å². The average molecular weight is 284 g/mol. The molecule has 0 radical (unpaired) electrons. The number of likely N-dealkylation sites (tertiary alicyclic amines) is 1. The molecule has 1 aliphatic rings. The molecule has 0 N–H and O–H groups in total. The smallest absolute Gasteiger partial charge is 0.119 e. The molecule has 0 aliphatic carbocycles. The van der Waals surface area contributed by atoms with E-state index in [1.54, 1.807) is 7.11 Å². The molecular weight excluding hydrogens is 258 g/mol. The van der Waals surface area contributed by atoms with Gasteiger partial charge in [0.15, 0.2) is 0 Å². The Morgan fingerprint density at radius 2 is 1.95 bits per heavy atom. The summed E-state index contributed by atoms with van der Waals surface area (Å²) in [6, 6.07) is 8.69.